The predicted octanol–water partition coefficient (Wildman–Crippen LogP) is 2.90. The standard InChI is InChI=1S/C13H11ClFN3O/c14-9-6-8(2-3-10(9)15)18-12-4-1-7(13(17)19)5-11(12)16/h1-6,18H,16H2,(H2,17,19). The summed E-state index contributed by atoms with van der Waals surface area (Å²) in [5, 5.41) is 2.99. The smallest absolute Gasteiger partial charge is 0.248 e. The number of primary amides is 1. The second-order valence-corrected chi connectivity index (χ2v) is 4.33. The van der Waals surface area contributed by atoms with Crippen LogP contribution < -0.4 is 16.8 Å². The summed E-state index contributed by atoms with van der Waals surface area (Å²) >= 11 is 5.68. The molecular formula is C13H11ClFN3O. The van der Waals surface area contributed by atoms with Gasteiger partial charge in [-0.2, -0.15) is 0 Å². The Morgan fingerprint density at radius 3 is 2.53 bits per heavy atom. The topological polar surface area (TPSA) is 81.1 Å². The van der Waals surface area contributed by atoms with Crippen LogP contribution in [0, 0.1) is 5.82 Å². The highest BCUT2D eigenvalue weighted by molar-refractivity contribution is 6.31. The van der Waals surface area contributed by atoms with Crippen LogP contribution in [0.5, 0.6) is 0 Å². The van der Waals surface area contributed by atoms with Gasteiger partial charge in [0.2, 0.25) is 5.91 Å². The normalized spacial score (nSPS) is 10.2. The molecule has 0 heterocycles. The average molecular weight is 280 g/mol. The summed E-state index contributed by atoms with van der Waals surface area (Å²) in [7, 11) is 0. The van der Waals surface area contributed by atoms with E-state index in [-0.39, 0.29) is 5.02 Å². The van der Waals surface area contributed by atoms with Crippen LogP contribution in [0.4, 0.5) is 21.5 Å². The van der Waals surface area contributed by atoms with E-state index in [1.165, 1.54) is 24.3 Å². The second kappa shape index (κ2) is 5.16. The number of nitrogens with two attached hydrogens (primary N) is 2. The highest BCUT2D eigenvalue weighted by Crippen LogP contribution is 2.26. The lowest BCUT2D eigenvalue weighted by Crippen LogP contribution is -2.11. The number of carbonyl (C=O) groups excluding carboxylic acids is 1. The molecule has 5 N–H and O–H groups in total. The van der Waals surface area contributed by atoms with Crippen molar-refractivity contribution in [3.8, 4) is 0 Å². The van der Waals surface area contributed by atoms with E-state index in [0.29, 0.717) is 22.6 Å². The number of anilines is 3. The van der Waals surface area contributed by atoms with Crippen molar-refractivity contribution in [3.05, 3.63) is 52.8 Å². The zero-order valence-electron chi connectivity index (χ0n) is 9.78. The number of hydrogen-bond donors (Lipinski definition) is 3. The molecule has 0 aliphatic carbocycles. The molecule has 4 nitrogen and oxygen atoms in total. The van der Waals surface area contributed by atoms with Gasteiger partial charge in [0.15, 0.2) is 0 Å². The van der Waals surface area contributed by atoms with Gasteiger partial charge in [-0.1, -0.05) is 11.6 Å². The Morgan fingerprint density at radius 2 is 1.95 bits per heavy atom. The van der Waals surface area contributed by atoms with Crippen molar-refractivity contribution in [1.29, 1.82) is 0 Å². The van der Waals surface area contributed by atoms with Crippen molar-refractivity contribution in [1.82, 2.24) is 0 Å². The number of nitrogens with one attached hydrogen (secondary N) is 1. The number of nitrogen functional groups attached to an aromatic ring is 1. The number of amides is 1. The molecule has 0 bridgehead atoms. The van der Waals surface area contributed by atoms with Crippen molar-refractivity contribution in [3.63, 3.8) is 0 Å². The molecule has 0 radical (unpaired) electrons. The third kappa shape index (κ3) is 2.95. The first-order valence-corrected chi connectivity index (χ1v) is 5.76. The molecule has 0 fully saturated rings. The largest absolute Gasteiger partial charge is 0.397 e. The van der Waals surface area contributed by atoms with Crippen molar-refractivity contribution in [2.75, 3.05) is 11.1 Å². The molecule has 98 valence electrons. The van der Waals surface area contributed by atoms with Crippen LogP contribution in [-0.4, -0.2) is 5.91 Å². The predicted molar refractivity (Wildman–Crippen MR) is 74.1 cm³/mol. The van der Waals surface area contributed by atoms with Crippen molar-refractivity contribution in [2.45, 2.75) is 0 Å². The lowest BCUT2D eigenvalue weighted by Gasteiger charge is -2.10. The molecule has 0 saturated carbocycles. The zero-order valence-corrected chi connectivity index (χ0v) is 10.5. The second-order valence-electron chi connectivity index (χ2n) is 3.92. The summed E-state index contributed by atoms with van der Waals surface area (Å²) in [6.07, 6.45) is 0. The van der Waals surface area contributed by atoms with Crippen LogP contribution in [0.1, 0.15) is 10.4 Å². The van der Waals surface area contributed by atoms with Crippen LogP contribution in [0.25, 0.3) is 0 Å². The fourth-order valence-electron chi connectivity index (χ4n) is 1.56. The summed E-state index contributed by atoms with van der Waals surface area (Å²) in [6, 6.07) is 8.86. The first kappa shape index (κ1) is 13.2. The average Bonchev–Trinajstić information content (AvgIpc) is 2.36. The fraction of sp³-hybridized carbons (Fsp3) is 0. The maximum atomic E-state index is 13.0. The summed E-state index contributed by atoms with van der Waals surface area (Å²) in [6.45, 7) is 0. The van der Waals surface area contributed by atoms with Gasteiger partial charge in [0.25, 0.3) is 0 Å². The lowest BCUT2D eigenvalue weighted by molar-refractivity contribution is 0.100. The van der Waals surface area contributed by atoms with Gasteiger partial charge in [0, 0.05) is 11.3 Å². The van der Waals surface area contributed by atoms with Gasteiger partial charge >= 0.3 is 0 Å². The maximum Gasteiger partial charge on any atom is 0.248 e. The van der Waals surface area contributed by atoms with Crippen LogP contribution in [-0.2, 0) is 0 Å². The Morgan fingerprint density at radius 1 is 1.21 bits per heavy atom. The van der Waals surface area contributed by atoms with E-state index in [9.17, 15) is 9.18 Å². The lowest BCUT2D eigenvalue weighted by atomic mass is 10.1. The van der Waals surface area contributed by atoms with Crippen molar-refractivity contribution < 1.29 is 9.18 Å². The van der Waals surface area contributed by atoms with Gasteiger partial charge in [-0.15, -0.1) is 0 Å². The van der Waals surface area contributed by atoms with E-state index in [2.05, 4.69) is 5.32 Å². The Hall–Kier alpha value is -2.27. The Labute approximate surface area is 114 Å². The van der Waals surface area contributed by atoms with Crippen LogP contribution >= 0.6 is 11.6 Å². The third-order valence-electron chi connectivity index (χ3n) is 2.53. The van der Waals surface area contributed by atoms with E-state index in [1.807, 2.05) is 0 Å². The molecule has 2 rings (SSSR count). The van der Waals surface area contributed by atoms with Crippen molar-refractivity contribution >= 4 is 34.6 Å². The number of carbonyl (C=O) groups is 1. The number of benzene rings is 2. The number of hydrogen-bond acceptors (Lipinski definition) is 3. The quantitative estimate of drug-likeness (QED) is 0.756. The van der Waals surface area contributed by atoms with Crippen LogP contribution in [0.3, 0.4) is 0 Å². The number of rotatable bonds is 3. The molecule has 0 saturated heterocycles. The summed E-state index contributed by atoms with van der Waals surface area (Å²) < 4.78 is 13.0. The van der Waals surface area contributed by atoms with E-state index < -0.39 is 11.7 Å². The van der Waals surface area contributed by atoms with Gasteiger partial charge in [0.1, 0.15) is 5.82 Å². The Balaban J connectivity index is 2.28. The molecule has 6 heteroatoms. The minimum absolute atomic E-state index is 0.0114. The molecule has 2 aromatic rings. The molecule has 1 amide bonds. The molecule has 0 aliphatic heterocycles. The Kier molecular flexibility index (Phi) is 3.57. The summed E-state index contributed by atoms with van der Waals surface area (Å²) in [5.41, 5.74) is 12.8. The van der Waals surface area contributed by atoms with Gasteiger partial charge in [-0.3, -0.25) is 4.79 Å². The highest BCUT2D eigenvalue weighted by Gasteiger charge is 2.06. The molecular weight excluding hydrogens is 269 g/mol. The van der Waals surface area contributed by atoms with Gasteiger partial charge in [-0.05, 0) is 36.4 Å². The van der Waals surface area contributed by atoms with Gasteiger partial charge < -0.3 is 16.8 Å². The molecule has 0 atom stereocenters. The van der Waals surface area contributed by atoms with Gasteiger partial charge in [-0.25, -0.2) is 4.39 Å². The summed E-state index contributed by atoms with van der Waals surface area (Å²) in [5.74, 6) is -1.05. The fourth-order valence-corrected chi connectivity index (χ4v) is 1.74. The van der Waals surface area contributed by atoms with Crippen LogP contribution in [0.2, 0.25) is 5.02 Å². The third-order valence-corrected chi connectivity index (χ3v) is 2.82. The zero-order chi connectivity index (χ0) is 14.0. The maximum absolute atomic E-state index is 13.0. The molecule has 0 aromatic heterocycles. The van der Waals surface area contributed by atoms with E-state index in [4.69, 9.17) is 23.1 Å². The molecule has 0 aliphatic rings. The SMILES string of the molecule is NC(=O)c1ccc(Nc2ccc(F)c(Cl)c2)c(N)c1. The molecule has 0 spiro atoms. The molecule has 19 heavy (non-hydrogen) atoms. The highest BCUT2D eigenvalue weighted by atomic mass is 35.5. The van der Waals surface area contributed by atoms with Gasteiger partial charge in [0.05, 0.1) is 16.4 Å². The monoisotopic (exact) mass is 279 g/mol. The first-order valence-electron chi connectivity index (χ1n) is 5.39. The van der Waals surface area contributed by atoms with E-state index in [0.717, 1.165) is 0 Å². The minimum atomic E-state index is -0.553. The van der Waals surface area contributed by atoms with Crippen LogP contribution in [0.15, 0.2) is 36.4 Å². The van der Waals surface area contributed by atoms with E-state index in [1.54, 1.807) is 12.1 Å². The Bertz CT molecular complexity index is 646. The van der Waals surface area contributed by atoms with E-state index >= 15 is 0 Å². The molecule has 2 aromatic carbocycles. The molecule has 0 unspecified atom stereocenters. The number of halogens is 2. The first-order chi connectivity index (χ1) is 8.97. The van der Waals surface area contributed by atoms with Crippen molar-refractivity contribution in [2.24, 2.45) is 5.73 Å². The summed E-state index contributed by atoms with van der Waals surface area (Å²) in [4.78, 5) is 11.0. The minimum Gasteiger partial charge on any atom is -0.397 e.